The predicted octanol–water partition coefficient (Wildman–Crippen LogP) is 2.33. The van der Waals surface area contributed by atoms with Crippen LogP contribution in [0.4, 0.5) is 5.69 Å². The van der Waals surface area contributed by atoms with Gasteiger partial charge in [0.25, 0.3) is 11.2 Å². The number of nitrogens with zero attached hydrogens (tertiary/aromatic N) is 3. The van der Waals surface area contributed by atoms with Crippen molar-refractivity contribution in [3.05, 3.63) is 94.7 Å². The molecule has 0 fully saturated rings. The van der Waals surface area contributed by atoms with Gasteiger partial charge >= 0.3 is 5.97 Å². The smallest absolute Gasteiger partial charge is 0.338 e. The number of esters is 1. The van der Waals surface area contributed by atoms with Crippen LogP contribution >= 0.6 is 11.3 Å². The first-order valence-corrected chi connectivity index (χ1v) is 11.2. The molecule has 4 rings (SSSR count). The first-order chi connectivity index (χ1) is 16.8. The number of nitro groups is 1. The van der Waals surface area contributed by atoms with Crippen LogP contribution in [0, 0.1) is 10.1 Å². The van der Waals surface area contributed by atoms with Crippen molar-refractivity contribution in [1.82, 2.24) is 4.57 Å². The summed E-state index contributed by atoms with van der Waals surface area (Å²) in [6.07, 6.45) is 1.42. The number of allylic oxidation sites excluding steroid dienone is 1. The van der Waals surface area contributed by atoms with E-state index in [0.717, 1.165) is 11.3 Å². The molecule has 1 atom stereocenters. The normalized spacial score (nSPS) is 15.3. The number of hydrogen-bond donors (Lipinski definition) is 0. The Bertz CT molecular complexity index is 1540. The van der Waals surface area contributed by atoms with Gasteiger partial charge in [0.2, 0.25) is 0 Å². The highest BCUT2D eigenvalue weighted by molar-refractivity contribution is 7.07. The van der Waals surface area contributed by atoms with Gasteiger partial charge in [-0.05, 0) is 24.6 Å². The van der Waals surface area contributed by atoms with E-state index in [9.17, 15) is 19.7 Å². The zero-order chi connectivity index (χ0) is 25.3. The molecule has 0 bridgehead atoms. The van der Waals surface area contributed by atoms with Crippen LogP contribution in [0.3, 0.4) is 0 Å². The Morgan fingerprint density at radius 3 is 2.40 bits per heavy atom. The average Bonchev–Trinajstić information content (AvgIpc) is 3.16. The van der Waals surface area contributed by atoms with Crippen molar-refractivity contribution in [1.29, 1.82) is 0 Å². The van der Waals surface area contributed by atoms with Crippen molar-refractivity contribution < 1.29 is 23.9 Å². The van der Waals surface area contributed by atoms with Crippen LogP contribution in [0.2, 0.25) is 0 Å². The summed E-state index contributed by atoms with van der Waals surface area (Å²) in [6.45, 7) is 1.68. The summed E-state index contributed by atoms with van der Waals surface area (Å²) >= 11 is 1.07. The molecule has 0 radical (unpaired) electrons. The SMILES string of the molecule is COC(=O)C1=C(C)N=c2s/c(=C\c3cc(OC)c(OC)cc3[N+](=O)[O-])c(=O)n2[C@H]1c1ccccc1. The Hall–Kier alpha value is -4.25. The molecule has 1 aliphatic rings. The summed E-state index contributed by atoms with van der Waals surface area (Å²) < 4.78 is 17.1. The van der Waals surface area contributed by atoms with Gasteiger partial charge in [-0.15, -0.1) is 0 Å². The third kappa shape index (κ3) is 4.21. The Kier molecular flexibility index (Phi) is 6.52. The summed E-state index contributed by atoms with van der Waals surface area (Å²) in [5, 5.41) is 11.7. The summed E-state index contributed by atoms with van der Waals surface area (Å²) in [7, 11) is 4.06. The van der Waals surface area contributed by atoms with Crippen LogP contribution < -0.4 is 24.4 Å². The number of hydrogen-bond acceptors (Lipinski definition) is 9. The second-order valence-electron chi connectivity index (χ2n) is 7.51. The number of carbonyl (C=O) groups excluding carboxylic acids is 1. The second kappa shape index (κ2) is 9.55. The van der Waals surface area contributed by atoms with Crippen LogP contribution in [0.15, 0.2) is 63.5 Å². The minimum atomic E-state index is -0.762. The monoisotopic (exact) mass is 495 g/mol. The van der Waals surface area contributed by atoms with Gasteiger partial charge in [-0.1, -0.05) is 41.7 Å². The maximum atomic E-state index is 13.6. The third-order valence-corrected chi connectivity index (χ3v) is 6.54. The summed E-state index contributed by atoms with van der Waals surface area (Å²) in [5.74, 6) is -0.117. The van der Waals surface area contributed by atoms with E-state index in [0.29, 0.717) is 16.1 Å². The first kappa shape index (κ1) is 23.9. The molecular formula is C24H21N3O7S. The van der Waals surface area contributed by atoms with Gasteiger partial charge in [-0.25, -0.2) is 9.79 Å². The fourth-order valence-electron chi connectivity index (χ4n) is 3.94. The molecule has 0 spiro atoms. The molecule has 10 nitrogen and oxygen atoms in total. The van der Waals surface area contributed by atoms with E-state index in [1.54, 1.807) is 6.92 Å². The van der Waals surface area contributed by atoms with E-state index in [1.807, 2.05) is 30.3 Å². The fourth-order valence-corrected chi connectivity index (χ4v) is 4.98. The fraction of sp³-hybridized carbons (Fsp3) is 0.208. The van der Waals surface area contributed by atoms with Crippen molar-refractivity contribution in [3.63, 3.8) is 0 Å². The number of aromatic nitrogens is 1. The van der Waals surface area contributed by atoms with Crippen molar-refractivity contribution >= 4 is 29.1 Å². The topological polar surface area (TPSA) is 122 Å². The molecular weight excluding hydrogens is 474 g/mol. The maximum Gasteiger partial charge on any atom is 0.338 e. The van der Waals surface area contributed by atoms with Gasteiger partial charge in [-0.3, -0.25) is 19.5 Å². The number of methoxy groups -OCH3 is 3. The molecule has 0 amide bonds. The highest BCUT2D eigenvalue weighted by Crippen LogP contribution is 2.35. The third-order valence-electron chi connectivity index (χ3n) is 5.56. The summed E-state index contributed by atoms with van der Waals surface area (Å²) in [4.78, 5) is 42.3. The molecule has 3 aromatic rings. The Labute approximate surface area is 203 Å². The van der Waals surface area contributed by atoms with E-state index >= 15 is 0 Å². The van der Waals surface area contributed by atoms with Gasteiger partial charge in [0.15, 0.2) is 16.3 Å². The lowest BCUT2D eigenvalue weighted by Gasteiger charge is -2.24. The summed E-state index contributed by atoms with van der Waals surface area (Å²) in [6, 6.07) is 11.0. The van der Waals surface area contributed by atoms with Crippen LogP contribution in [-0.4, -0.2) is 36.8 Å². The molecule has 11 heteroatoms. The average molecular weight is 496 g/mol. The van der Waals surface area contributed by atoms with Crippen LogP contribution in [0.25, 0.3) is 6.08 Å². The zero-order valence-electron chi connectivity index (χ0n) is 19.3. The number of benzene rings is 2. The Balaban J connectivity index is 2.00. The number of ether oxygens (including phenoxy) is 3. The van der Waals surface area contributed by atoms with Gasteiger partial charge in [0, 0.05) is 0 Å². The largest absolute Gasteiger partial charge is 0.493 e. The number of carbonyl (C=O) groups is 1. The van der Waals surface area contributed by atoms with Gasteiger partial charge in [0.05, 0.1) is 59.7 Å². The molecule has 2 aromatic carbocycles. The number of rotatable bonds is 6. The first-order valence-electron chi connectivity index (χ1n) is 10.4. The minimum absolute atomic E-state index is 0.165. The predicted molar refractivity (Wildman–Crippen MR) is 128 cm³/mol. The quantitative estimate of drug-likeness (QED) is 0.292. The number of thiazole rings is 1. The molecule has 180 valence electrons. The number of nitro benzene ring substituents is 1. The molecule has 0 saturated carbocycles. The molecule has 0 aliphatic carbocycles. The van der Waals surface area contributed by atoms with Crippen LogP contribution in [0.5, 0.6) is 11.5 Å². The van der Waals surface area contributed by atoms with Gasteiger partial charge in [-0.2, -0.15) is 0 Å². The molecule has 0 unspecified atom stereocenters. The molecule has 1 aromatic heterocycles. The Morgan fingerprint density at radius 2 is 1.80 bits per heavy atom. The van der Waals surface area contributed by atoms with Gasteiger partial charge < -0.3 is 14.2 Å². The highest BCUT2D eigenvalue weighted by atomic mass is 32.1. The molecule has 2 heterocycles. The van der Waals surface area contributed by atoms with E-state index in [1.165, 1.54) is 44.1 Å². The van der Waals surface area contributed by atoms with Crippen LogP contribution in [0.1, 0.15) is 24.1 Å². The van der Waals surface area contributed by atoms with E-state index in [2.05, 4.69) is 4.99 Å². The lowest BCUT2D eigenvalue weighted by molar-refractivity contribution is -0.385. The second-order valence-corrected chi connectivity index (χ2v) is 8.52. The maximum absolute atomic E-state index is 13.6. The van der Waals surface area contributed by atoms with Crippen molar-refractivity contribution in [3.8, 4) is 11.5 Å². The lowest BCUT2D eigenvalue weighted by Crippen LogP contribution is -2.39. The number of fused-ring (bicyclic) bond motifs is 1. The van der Waals surface area contributed by atoms with E-state index in [-0.39, 0.29) is 32.9 Å². The van der Waals surface area contributed by atoms with E-state index < -0.39 is 22.5 Å². The van der Waals surface area contributed by atoms with Crippen molar-refractivity contribution in [2.45, 2.75) is 13.0 Å². The zero-order valence-corrected chi connectivity index (χ0v) is 20.1. The summed E-state index contributed by atoms with van der Waals surface area (Å²) in [5.41, 5.74) is 0.843. The van der Waals surface area contributed by atoms with Crippen molar-refractivity contribution in [2.75, 3.05) is 21.3 Å². The highest BCUT2D eigenvalue weighted by Gasteiger charge is 2.33. The standard InChI is InChI=1S/C24H21N3O7S/c1-13-20(23(29)34-4)21(14-8-6-5-7-9-14)26-22(28)19(35-24(26)25-13)11-15-10-17(32-2)18(33-3)12-16(15)27(30)31/h5-12,21H,1-4H3/b19-11-/t21-/m0/s1. The van der Waals surface area contributed by atoms with Gasteiger partial charge in [0.1, 0.15) is 0 Å². The molecule has 0 saturated heterocycles. The molecule has 0 N–H and O–H groups in total. The minimum Gasteiger partial charge on any atom is -0.493 e. The van der Waals surface area contributed by atoms with Crippen molar-refractivity contribution in [2.24, 2.45) is 4.99 Å². The lowest BCUT2D eigenvalue weighted by atomic mass is 9.96. The van der Waals surface area contributed by atoms with E-state index in [4.69, 9.17) is 14.2 Å². The Morgan fingerprint density at radius 1 is 1.14 bits per heavy atom. The molecule has 35 heavy (non-hydrogen) atoms. The van der Waals surface area contributed by atoms with Crippen LogP contribution in [-0.2, 0) is 9.53 Å². The molecule has 1 aliphatic heterocycles.